The first kappa shape index (κ1) is 19.2. The molecule has 1 aliphatic rings. The number of aromatic amines is 1. The number of aromatic nitrogens is 6. The SMILES string of the molecule is O=C(O)[C@@H](Cc1cnc[nH]1)Nc1ncnc2c1ncn2C1OC(CO)C(O)C1O. The minimum absolute atomic E-state index is 0.135. The molecule has 0 aliphatic carbocycles. The lowest BCUT2D eigenvalue weighted by Gasteiger charge is -2.17. The predicted octanol–water partition coefficient (Wildman–Crippen LogP) is -1.73. The lowest BCUT2D eigenvalue weighted by atomic mass is 10.1. The molecular formula is C16H19N7O6. The van der Waals surface area contributed by atoms with Crippen LogP contribution in [0.5, 0.6) is 0 Å². The molecule has 1 fully saturated rings. The van der Waals surface area contributed by atoms with Gasteiger partial charge in [-0.15, -0.1) is 0 Å². The number of rotatable bonds is 7. The number of aliphatic hydroxyl groups is 3. The average Bonchev–Trinajstić information content (AvgIpc) is 3.42. The van der Waals surface area contributed by atoms with Crippen LogP contribution in [0, 0.1) is 0 Å². The van der Waals surface area contributed by atoms with Crippen LogP contribution < -0.4 is 5.32 Å². The summed E-state index contributed by atoms with van der Waals surface area (Å²) in [6.07, 6.45) is 1.15. The molecule has 3 aromatic rings. The number of carbonyl (C=O) groups is 1. The summed E-state index contributed by atoms with van der Waals surface area (Å²) >= 11 is 0. The Bertz CT molecular complexity index is 993. The summed E-state index contributed by atoms with van der Waals surface area (Å²) in [5, 5.41) is 41.8. The molecule has 4 heterocycles. The van der Waals surface area contributed by atoms with Crippen molar-refractivity contribution in [3.63, 3.8) is 0 Å². The van der Waals surface area contributed by atoms with Crippen molar-refractivity contribution in [1.29, 1.82) is 0 Å². The summed E-state index contributed by atoms with van der Waals surface area (Å²) in [5.41, 5.74) is 1.16. The summed E-state index contributed by atoms with van der Waals surface area (Å²) in [4.78, 5) is 30.8. The van der Waals surface area contributed by atoms with Crippen molar-refractivity contribution in [3.8, 4) is 0 Å². The lowest BCUT2D eigenvalue weighted by Crippen LogP contribution is -2.33. The molecule has 13 heteroatoms. The normalized spacial score (nSPS) is 25.3. The number of hydrogen-bond donors (Lipinski definition) is 6. The van der Waals surface area contributed by atoms with Crippen molar-refractivity contribution in [2.24, 2.45) is 0 Å². The Morgan fingerprint density at radius 3 is 2.79 bits per heavy atom. The molecule has 0 amide bonds. The van der Waals surface area contributed by atoms with E-state index in [0.717, 1.165) is 0 Å². The molecule has 5 atom stereocenters. The Kier molecular flexibility index (Phi) is 5.10. The summed E-state index contributed by atoms with van der Waals surface area (Å²) in [5.74, 6) is -0.901. The maximum absolute atomic E-state index is 11.7. The van der Waals surface area contributed by atoms with E-state index >= 15 is 0 Å². The molecule has 0 aromatic carbocycles. The van der Waals surface area contributed by atoms with Crippen LogP contribution >= 0.6 is 0 Å². The zero-order chi connectivity index (χ0) is 20.5. The van der Waals surface area contributed by atoms with Gasteiger partial charge in [-0.05, 0) is 0 Å². The van der Waals surface area contributed by atoms with E-state index in [2.05, 4.69) is 30.2 Å². The van der Waals surface area contributed by atoms with Gasteiger partial charge < -0.3 is 35.5 Å². The van der Waals surface area contributed by atoms with Gasteiger partial charge in [-0.3, -0.25) is 4.57 Å². The van der Waals surface area contributed by atoms with E-state index in [1.165, 1.54) is 29.7 Å². The second kappa shape index (κ2) is 7.71. The number of aliphatic hydroxyl groups excluding tert-OH is 3. The predicted molar refractivity (Wildman–Crippen MR) is 95.7 cm³/mol. The fraction of sp³-hybridized carbons (Fsp3) is 0.438. The zero-order valence-electron chi connectivity index (χ0n) is 15.0. The monoisotopic (exact) mass is 405 g/mol. The number of hydrogen-bond acceptors (Lipinski definition) is 10. The highest BCUT2D eigenvalue weighted by atomic mass is 16.6. The zero-order valence-corrected chi connectivity index (χ0v) is 15.0. The van der Waals surface area contributed by atoms with Crippen molar-refractivity contribution in [2.45, 2.75) is 37.0 Å². The number of nitrogens with zero attached hydrogens (tertiary/aromatic N) is 5. The van der Waals surface area contributed by atoms with Crippen LogP contribution in [0.2, 0.25) is 0 Å². The van der Waals surface area contributed by atoms with Gasteiger partial charge in [-0.1, -0.05) is 0 Å². The number of carboxylic acid groups (broad SMARTS) is 1. The molecule has 154 valence electrons. The minimum Gasteiger partial charge on any atom is -0.480 e. The number of carboxylic acids is 1. The minimum atomic E-state index is -1.30. The highest BCUT2D eigenvalue weighted by Gasteiger charge is 2.44. The van der Waals surface area contributed by atoms with Crippen LogP contribution in [-0.4, -0.2) is 86.8 Å². The molecule has 0 bridgehead atoms. The summed E-state index contributed by atoms with van der Waals surface area (Å²) < 4.78 is 6.90. The highest BCUT2D eigenvalue weighted by molar-refractivity contribution is 5.86. The molecule has 13 nitrogen and oxygen atoms in total. The van der Waals surface area contributed by atoms with Crippen LogP contribution in [0.25, 0.3) is 11.2 Å². The van der Waals surface area contributed by atoms with Crippen molar-refractivity contribution in [1.82, 2.24) is 29.5 Å². The molecule has 29 heavy (non-hydrogen) atoms. The van der Waals surface area contributed by atoms with Crippen molar-refractivity contribution < 1.29 is 30.0 Å². The van der Waals surface area contributed by atoms with Crippen LogP contribution in [0.1, 0.15) is 11.9 Å². The molecule has 0 saturated carbocycles. The molecule has 4 rings (SSSR count). The first-order valence-electron chi connectivity index (χ1n) is 8.76. The van der Waals surface area contributed by atoms with Gasteiger partial charge in [-0.2, -0.15) is 0 Å². The Balaban J connectivity index is 1.63. The van der Waals surface area contributed by atoms with E-state index in [1.807, 2.05) is 0 Å². The number of imidazole rings is 2. The number of nitrogens with one attached hydrogen (secondary N) is 2. The Morgan fingerprint density at radius 2 is 2.14 bits per heavy atom. The average molecular weight is 405 g/mol. The van der Waals surface area contributed by atoms with Crippen LogP contribution in [-0.2, 0) is 16.0 Å². The van der Waals surface area contributed by atoms with Crippen LogP contribution in [0.15, 0.2) is 25.2 Å². The molecule has 1 saturated heterocycles. The number of aliphatic carboxylic acids is 1. The van der Waals surface area contributed by atoms with Gasteiger partial charge in [0.25, 0.3) is 0 Å². The number of fused-ring (bicyclic) bond motifs is 1. The third kappa shape index (κ3) is 3.51. The smallest absolute Gasteiger partial charge is 0.326 e. The highest BCUT2D eigenvalue weighted by Crippen LogP contribution is 2.32. The number of H-pyrrole nitrogens is 1. The summed E-state index contributed by atoms with van der Waals surface area (Å²) in [7, 11) is 0. The van der Waals surface area contributed by atoms with Crippen molar-refractivity contribution in [3.05, 3.63) is 30.9 Å². The first-order chi connectivity index (χ1) is 14.0. The largest absolute Gasteiger partial charge is 0.480 e. The van der Waals surface area contributed by atoms with E-state index in [-0.39, 0.29) is 23.4 Å². The number of anilines is 1. The molecule has 0 radical (unpaired) electrons. The molecule has 3 aromatic heterocycles. The van der Waals surface area contributed by atoms with E-state index < -0.39 is 43.2 Å². The van der Waals surface area contributed by atoms with Gasteiger partial charge in [-0.25, -0.2) is 24.7 Å². The molecule has 6 N–H and O–H groups in total. The second-order valence-electron chi connectivity index (χ2n) is 6.59. The van der Waals surface area contributed by atoms with Gasteiger partial charge >= 0.3 is 5.97 Å². The van der Waals surface area contributed by atoms with Gasteiger partial charge in [0.1, 0.15) is 30.7 Å². The summed E-state index contributed by atoms with van der Waals surface area (Å²) in [6.45, 7) is -0.461. The van der Waals surface area contributed by atoms with Crippen LogP contribution in [0.3, 0.4) is 0 Å². The third-order valence-corrected chi connectivity index (χ3v) is 4.74. The van der Waals surface area contributed by atoms with E-state index in [1.54, 1.807) is 0 Å². The van der Waals surface area contributed by atoms with E-state index in [4.69, 9.17) is 4.74 Å². The van der Waals surface area contributed by atoms with Gasteiger partial charge in [0.15, 0.2) is 23.2 Å². The second-order valence-corrected chi connectivity index (χ2v) is 6.59. The van der Waals surface area contributed by atoms with E-state index in [9.17, 15) is 25.2 Å². The maximum atomic E-state index is 11.7. The van der Waals surface area contributed by atoms with Crippen molar-refractivity contribution >= 4 is 23.0 Å². The standard InChI is InChI=1S/C16H19N7O6/c24-3-9-11(25)12(26)15(29-9)23-6-21-10-13(19-5-20-14(10)23)22-8(16(27)28)1-7-2-17-4-18-7/h2,4-6,8-9,11-12,15,24-26H,1,3H2,(H,17,18)(H,27,28)(H,19,20,22)/t8-,9?,11?,12?,15?/m1/s1. The number of ether oxygens (including phenoxy) is 1. The van der Waals surface area contributed by atoms with Crippen molar-refractivity contribution in [2.75, 3.05) is 11.9 Å². The van der Waals surface area contributed by atoms with Gasteiger partial charge in [0.05, 0.1) is 19.3 Å². The van der Waals surface area contributed by atoms with Gasteiger partial charge in [0.2, 0.25) is 0 Å². The Hall–Kier alpha value is -3.13. The molecule has 0 spiro atoms. The third-order valence-electron chi connectivity index (χ3n) is 4.74. The van der Waals surface area contributed by atoms with Crippen LogP contribution in [0.4, 0.5) is 5.82 Å². The fourth-order valence-electron chi connectivity index (χ4n) is 3.23. The van der Waals surface area contributed by atoms with E-state index in [0.29, 0.717) is 5.69 Å². The summed E-state index contributed by atoms with van der Waals surface area (Å²) in [6, 6.07) is -1.01. The Labute approximate surface area is 163 Å². The molecule has 1 aliphatic heterocycles. The first-order valence-corrected chi connectivity index (χ1v) is 8.76. The Morgan fingerprint density at radius 1 is 1.31 bits per heavy atom. The molecular weight excluding hydrogens is 386 g/mol. The fourth-order valence-corrected chi connectivity index (χ4v) is 3.23. The molecule has 4 unspecified atom stereocenters. The topological polar surface area (TPSA) is 192 Å². The maximum Gasteiger partial charge on any atom is 0.326 e. The quantitative estimate of drug-likeness (QED) is 0.262. The lowest BCUT2D eigenvalue weighted by molar-refractivity contribution is -0.137. The van der Waals surface area contributed by atoms with Gasteiger partial charge in [0, 0.05) is 18.3 Å².